The van der Waals surface area contributed by atoms with Gasteiger partial charge < -0.3 is 10.2 Å². The van der Waals surface area contributed by atoms with Gasteiger partial charge in [0.1, 0.15) is 0 Å². The molecule has 0 unspecified atom stereocenters. The highest BCUT2D eigenvalue weighted by Gasteiger charge is 2.31. The van der Waals surface area contributed by atoms with E-state index in [-0.39, 0.29) is 5.91 Å². The van der Waals surface area contributed by atoms with E-state index in [1.165, 1.54) is 6.42 Å². The Morgan fingerprint density at radius 2 is 1.90 bits per heavy atom. The van der Waals surface area contributed by atoms with Crippen LogP contribution in [0.15, 0.2) is 24.3 Å². The molecule has 0 aromatic heterocycles. The molecule has 1 aromatic rings. The number of carbonyl (C=O) groups excluding carboxylic acids is 1. The van der Waals surface area contributed by atoms with Crippen LogP contribution in [-0.2, 0) is 0 Å². The summed E-state index contributed by atoms with van der Waals surface area (Å²) in [6, 6.07) is 8.17. The number of nitrogens with one attached hydrogen (secondary N) is 1. The summed E-state index contributed by atoms with van der Waals surface area (Å²) in [5.41, 5.74) is 2.15. The Morgan fingerprint density at radius 1 is 1.29 bits per heavy atom. The Balaban J connectivity index is 2.11. The number of amides is 1. The van der Waals surface area contributed by atoms with Gasteiger partial charge in [0.2, 0.25) is 0 Å². The van der Waals surface area contributed by atoms with Crippen LogP contribution in [0.1, 0.15) is 57.3 Å². The smallest absolute Gasteiger partial charge is 0.255 e. The highest BCUT2D eigenvalue weighted by molar-refractivity contribution is 5.99. The molecule has 0 spiro atoms. The Hall–Kier alpha value is -1.51. The Bertz CT molecular complexity index is 488. The molecule has 1 aliphatic rings. The standard InChI is InChI=1S/C18H28N2O/c1-5-18(4)10-12-20(13-11-18)17(21)15-8-6-7-9-16(15)19-14(2)3/h6-9,14,19H,5,10-13H2,1-4H3. The second kappa shape index (κ2) is 6.50. The normalized spacial score (nSPS) is 17.9. The van der Waals surface area contributed by atoms with E-state index in [1.807, 2.05) is 29.2 Å². The lowest BCUT2D eigenvalue weighted by Gasteiger charge is -2.39. The molecule has 1 heterocycles. The number of rotatable bonds is 4. The van der Waals surface area contributed by atoms with Gasteiger partial charge in [-0.05, 0) is 44.2 Å². The van der Waals surface area contributed by atoms with Gasteiger partial charge in [-0.3, -0.25) is 4.79 Å². The zero-order valence-corrected chi connectivity index (χ0v) is 13.8. The van der Waals surface area contributed by atoms with Crippen LogP contribution in [0.25, 0.3) is 0 Å². The number of carbonyl (C=O) groups is 1. The van der Waals surface area contributed by atoms with Crippen LogP contribution in [0.2, 0.25) is 0 Å². The van der Waals surface area contributed by atoms with Gasteiger partial charge in [0, 0.05) is 24.8 Å². The predicted molar refractivity (Wildman–Crippen MR) is 88.7 cm³/mol. The van der Waals surface area contributed by atoms with Crippen molar-refractivity contribution in [3.05, 3.63) is 29.8 Å². The van der Waals surface area contributed by atoms with Crippen LogP contribution in [0.5, 0.6) is 0 Å². The fraction of sp³-hybridized carbons (Fsp3) is 0.611. The van der Waals surface area contributed by atoms with E-state index in [4.69, 9.17) is 0 Å². The third-order valence-electron chi connectivity index (χ3n) is 4.71. The van der Waals surface area contributed by atoms with E-state index in [2.05, 4.69) is 33.0 Å². The molecule has 0 atom stereocenters. The molecule has 1 aliphatic heterocycles. The van der Waals surface area contributed by atoms with E-state index >= 15 is 0 Å². The van der Waals surface area contributed by atoms with Gasteiger partial charge in [-0.2, -0.15) is 0 Å². The fourth-order valence-electron chi connectivity index (χ4n) is 2.88. The fourth-order valence-corrected chi connectivity index (χ4v) is 2.88. The molecule has 1 aromatic carbocycles. The van der Waals surface area contributed by atoms with E-state index in [0.29, 0.717) is 11.5 Å². The van der Waals surface area contributed by atoms with Crippen molar-refractivity contribution >= 4 is 11.6 Å². The lowest BCUT2D eigenvalue weighted by atomic mass is 9.78. The van der Waals surface area contributed by atoms with E-state index in [9.17, 15) is 4.79 Å². The maximum atomic E-state index is 12.8. The summed E-state index contributed by atoms with van der Waals surface area (Å²) in [5, 5.41) is 3.37. The molecule has 2 rings (SSSR count). The number of anilines is 1. The van der Waals surface area contributed by atoms with Gasteiger partial charge in [-0.1, -0.05) is 32.4 Å². The van der Waals surface area contributed by atoms with E-state index in [0.717, 1.165) is 37.2 Å². The molecule has 3 heteroatoms. The van der Waals surface area contributed by atoms with Gasteiger partial charge in [0.15, 0.2) is 0 Å². The summed E-state index contributed by atoms with van der Waals surface area (Å²) >= 11 is 0. The molecule has 1 saturated heterocycles. The summed E-state index contributed by atoms with van der Waals surface area (Å²) in [6.45, 7) is 10.5. The molecule has 1 fully saturated rings. The molecule has 3 nitrogen and oxygen atoms in total. The number of benzene rings is 1. The summed E-state index contributed by atoms with van der Waals surface area (Å²) in [4.78, 5) is 14.8. The highest BCUT2D eigenvalue weighted by Crippen LogP contribution is 2.34. The zero-order chi connectivity index (χ0) is 15.5. The Kier molecular flexibility index (Phi) is 4.92. The van der Waals surface area contributed by atoms with Gasteiger partial charge in [-0.15, -0.1) is 0 Å². The number of hydrogen-bond acceptors (Lipinski definition) is 2. The highest BCUT2D eigenvalue weighted by atomic mass is 16.2. The topological polar surface area (TPSA) is 32.3 Å². The maximum Gasteiger partial charge on any atom is 0.255 e. The van der Waals surface area contributed by atoms with Gasteiger partial charge in [-0.25, -0.2) is 0 Å². The van der Waals surface area contributed by atoms with Crippen LogP contribution < -0.4 is 5.32 Å². The van der Waals surface area contributed by atoms with E-state index < -0.39 is 0 Å². The molecule has 0 radical (unpaired) electrons. The minimum atomic E-state index is 0.164. The molecular weight excluding hydrogens is 260 g/mol. The SMILES string of the molecule is CCC1(C)CCN(C(=O)c2ccccc2NC(C)C)CC1. The minimum Gasteiger partial charge on any atom is -0.382 e. The average Bonchev–Trinajstić information content (AvgIpc) is 2.47. The molecule has 0 bridgehead atoms. The zero-order valence-electron chi connectivity index (χ0n) is 13.8. The first-order valence-electron chi connectivity index (χ1n) is 8.10. The average molecular weight is 288 g/mol. The van der Waals surface area contributed by atoms with Crippen molar-refractivity contribution in [2.75, 3.05) is 18.4 Å². The van der Waals surface area contributed by atoms with Gasteiger partial charge in [0.25, 0.3) is 5.91 Å². The molecule has 1 N–H and O–H groups in total. The second-order valence-electron chi connectivity index (χ2n) is 6.80. The van der Waals surface area contributed by atoms with Crippen molar-refractivity contribution in [2.45, 2.75) is 53.0 Å². The summed E-state index contributed by atoms with van der Waals surface area (Å²) < 4.78 is 0. The quantitative estimate of drug-likeness (QED) is 0.902. The van der Waals surface area contributed by atoms with Crippen molar-refractivity contribution < 1.29 is 4.79 Å². The molecule has 1 amide bonds. The molecule has 0 aliphatic carbocycles. The second-order valence-corrected chi connectivity index (χ2v) is 6.80. The Labute approximate surface area is 128 Å². The van der Waals surface area contributed by atoms with Crippen molar-refractivity contribution in [3.63, 3.8) is 0 Å². The summed E-state index contributed by atoms with van der Waals surface area (Å²) in [5.74, 6) is 0.164. The first-order valence-corrected chi connectivity index (χ1v) is 8.10. The number of likely N-dealkylation sites (tertiary alicyclic amines) is 1. The van der Waals surface area contributed by atoms with Crippen LogP contribution in [0.3, 0.4) is 0 Å². The molecule has 116 valence electrons. The first-order chi connectivity index (χ1) is 9.95. The third-order valence-corrected chi connectivity index (χ3v) is 4.71. The largest absolute Gasteiger partial charge is 0.382 e. The number of nitrogens with zero attached hydrogens (tertiary/aromatic N) is 1. The molecule has 21 heavy (non-hydrogen) atoms. The van der Waals surface area contributed by atoms with Crippen LogP contribution in [-0.4, -0.2) is 29.9 Å². The van der Waals surface area contributed by atoms with Crippen molar-refractivity contribution in [3.8, 4) is 0 Å². The third kappa shape index (κ3) is 3.78. The lowest BCUT2D eigenvalue weighted by Crippen LogP contribution is -2.42. The Morgan fingerprint density at radius 3 is 2.48 bits per heavy atom. The first kappa shape index (κ1) is 15.9. The summed E-state index contributed by atoms with van der Waals surface area (Å²) in [7, 11) is 0. The molecular formula is C18H28N2O. The van der Waals surface area contributed by atoms with Gasteiger partial charge >= 0.3 is 0 Å². The molecule has 0 saturated carbocycles. The monoisotopic (exact) mass is 288 g/mol. The maximum absolute atomic E-state index is 12.8. The number of para-hydroxylation sites is 1. The van der Waals surface area contributed by atoms with Gasteiger partial charge in [0.05, 0.1) is 5.56 Å². The van der Waals surface area contributed by atoms with E-state index in [1.54, 1.807) is 0 Å². The van der Waals surface area contributed by atoms with Crippen LogP contribution in [0, 0.1) is 5.41 Å². The van der Waals surface area contributed by atoms with Crippen molar-refractivity contribution in [1.29, 1.82) is 0 Å². The van der Waals surface area contributed by atoms with Crippen molar-refractivity contribution in [2.24, 2.45) is 5.41 Å². The minimum absolute atomic E-state index is 0.164. The number of hydrogen-bond donors (Lipinski definition) is 1. The van der Waals surface area contributed by atoms with Crippen LogP contribution in [0.4, 0.5) is 5.69 Å². The lowest BCUT2D eigenvalue weighted by molar-refractivity contribution is 0.0601. The van der Waals surface area contributed by atoms with Crippen LogP contribution >= 0.6 is 0 Å². The summed E-state index contributed by atoms with van der Waals surface area (Å²) in [6.07, 6.45) is 3.41. The van der Waals surface area contributed by atoms with Crippen molar-refractivity contribution in [1.82, 2.24) is 4.90 Å². The predicted octanol–water partition coefficient (Wildman–Crippen LogP) is 4.16. The number of piperidine rings is 1.